The molecule has 3 heterocycles. The van der Waals surface area contributed by atoms with Crippen LogP contribution in [-0.4, -0.2) is 46.5 Å². The molecule has 100 valence electrons. The Bertz CT molecular complexity index is 370. The number of rotatable bonds is 6. The van der Waals surface area contributed by atoms with Crippen molar-refractivity contribution in [3.63, 3.8) is 0 Å². The molecule has 0 saturated carbocycles. The smallest absolute Gasteiger partial charge is 0.148 e. The molecule has 4 atom stereocenters. The normalized spacial score (nSPS) is 34.3. The largest absolute Gasteiger partial charge is 0.384 e. The molecule has 18 heavy (non-hydrogen) atoms. The zero-order valence-electron chi connectivity index (χ0n) is 10.7. The molecule has 1 aromatic heterocycles. The molecular formula is C12H20N4O2. The predicted molar refractivity (Wildman–Crippen MR) is 63.9 cm³/mol. The number of aromatic amines is 1. The summed E-state index contributed by atoms with van der Waals surface area (Å²) in [6.45, 7) is 0.829. The summed E-state index contributed by atoms with van der Waals surface area (Å²) in [7, 11) is 1.78. The van der Waals surface area contributed by atoms with Crippen molar-refractivity contribution >= 4 is 0 Å². The van der Waals surface area contributed by atoms with E-state index in [-0.39, 0.29) is 0 Å². The Morgan fingerprint density at radius 3 is 2.89 bits per heavy atom. The third-order valence-corrected chi connectivity index (χ3v) is 4.29. The fourth-order valence-corrected chi connectivity index (χ4v) is 3.48. The van der Waals surface area contributed by atoms with Crippen molar-refractivity contribution in [1.82, 2.24) is 20.6 Å². The van der Waals surface area contributed by atoms with Crippen LogP contribution in [0.5, 0.6) is 0 Å². The molecule has 1 N–H and O–H groups in total. The van der Waals surface area contributed by atoms with Gasteiger partial charge in [0, 0.05) is 19.4 Å². The number of aryl methyl sites for hydroxylation is 1. The topological polar surface area (TPSA) is 72.9 Å². The maximum absolute atomic E-state index is 6.01. The maximum Gasteiger partial charge on any atom is 0.148 e. The first-order chi connectivity index (χ1) is 8.88. The molecule has 6 heteroatoms. The first-order valence-electron chi connectivity index (χ1n) is 6.75. The SMILES string of the molecule is COCC1C2CCC(O2)C1CCCc1nnn[nH]1. The number of H-pyrrole nitrogens is 1. The molecule has 0 aromatic carbocycles. The zero-order chi connectivity index (χ0) is 12.4. The lowest BCUT2D eigenvalue weighted by molar-refractivity contribution is 0.0684. The summed E-state index contributed by atoms with van der Waals surface area (Å²) < 4.78 is 11.4. The summed E-state index contributed by atoms with van der Waals surface area (Å²) >= 11 is 0. The molecule has 3 rings (SSSR count). The van der Waals surface area contributed by atoms with E-state index in [0.717, 1.165) is 25.3 Å². The monoisotopic (exact) mass is 252 g/mol. The van der Waals surface area contributed by atoms with Gasteiger partial charge in [0.15, 0.2) is 0 Å². The standard InChI is InChI=1S/C12H20N4O2/c1-17-7-9-8(10-5-6-11(9)18-10)3-2-4-12-13-15-16-14-12/h8-11H,2-7H2,1H3,(H,13,14,15,16). The van der Waals surface area contributed by atoms with Gasteiger partial charge >= 0.3 is 0 Å². The molecule has 2 fully saturated rings. The molecule has 0 amide bonds. The lowest BCUT2D eigenvalue weighted by Gasteiger charge is -2.27. The molecule has 2 aliphatic heterocycles. The van der Waals surface area contributed by atoms with Gasteiger partial charge in [-0.05, 0) is 42.0 Å². The number of hydrogen-bond acceptors (Lipinski definition) is 5. The van der Waals surface area contributed by atoms with Crippen molar-refractivity contribution < 1.29 is 9.47 Å². The van der Waals surface area contributed by atoms with Crippen molar-refractivity contribution in [3.8, 4) is 0 Å². The van der Waals surface area contributed by atoms with Crippen molar-refractivity contribution in [3.05, 3.63) is 5.82 Å². The highest BCUT2D eigenvalue weighted by molar-refractivity contribution is 4.96. The number of aromatic nitrogens is 4. The van der Waals surface area contributed by atoms with Gasteiger partial charge in [0.1, 0.15) is 5.82 Å². The van der Waals surface area contributed by atoms with Crippen LogP contribution in [-0.2, 0) is 15.9 Å². The van der Waals surface area contributed by atoms with Crippen LogP contribution in [0.3, 0.4) is 0 Å². The van der Waals surface area contributed by atoms with E-state index in [1.807, 2.05) is 0 Å². The van der Waals surface area contributed by atoms with Crippen LogP contribution in [0.4, 0.5) is 0 Å². The number of tetrazole rings is 1. The highest BCUT2D eigenvalue weighted by Crippen LogP contribution is 2.45. The summed E-state index contributed by atoms with van der Waals surface area (Å²) in [4.78, 5) is 0. The van der Waals surface area contributed by atoms with Crippen LogP contribution >= 0.6 is 0 Å². The lowest BCUT2D eigenvalue weighted by Crippen LogP contribution is -2.30. The van der Waals surface area contributed by atoms with Crippen LogP contribution in [0.1, 0.15) is 31.5 Å². The van der Waals surface area contributed by atoms with E-state index in [4.69, 9.17) is 9.47 Å². The summed E-state index contributed by atoms with van der Waals surface area (Å²) in [5.41, 5.74) is 0. The number of methoxy groups -OCH3 is 1. The van der Waals surface area contributed by atoms with E-state index < -0.39 is 0 Å². The van der Waals surface area contributed by atoms with Crippen molar-refractivity contribution in [2.24, 2.45) is 11.8 Å². The van der Waals surface area contributed by atoms with Gasteiger partial charge in [-0.15, -0.1) is 5.10 Å². The number of nitrogens with zero attached hydrogens (tertiary/aromatic N) is 3. The quantitative estimate of drug-likeness (QED) is 0.816. The molecule has 2 saturated heterocycles. The number of ether oxygens (including phenoxy) is 2. The van der Waals surface area contributed by atoms with E-state index in [1.54, 1.807) is 7.11 Å². The summed E-state index contributed by atoms with van der Waals surface area (Å²) in [5.74, 6) is 2.11. The lowest BCUT2D eigenvalue weighted by atomic mass is 9.77. The van der Waals surface area contributed by atoms with Gasteiger partial charge in [-0.1, -0.05) is 0 Å². The Kier molecular flexibility index (Phi) is 3.56. The summed E-state index contributed by atoms with van der Waals surface area (Å²) in [6, 6.07) is 0. The fraction of sp³-hybridized carbons (Fsp3) is 0.917. The van der Waals surface area contributed by atoms with Gasteiger partial charge in [-0.3, -0.25) is 0 Å². The molecule has 1 aromatic rings. The van der Waals surface area contributed by atoms with E-state index in [0.29, 0.717) is 24.0 Å². The average Bonchev–Trinajstić information content (AvgIpc) is 3.07. The highest BCUT2D eigenvalue weighted by atomic mass is 16.5. The first-order valence-corrected chi connectivity index (χ1v) is 6.75. The Balaban J connectivity index is 1.51. The second-order valence-electron chi connectivity index (χ2n) is 5.31. The molecule has 6 nitrogen and oxygen atoms in total. The van der Waals surface area contributed by atoms with E-state index in [2.05, 4.69) is 20.6 Å². The average molecular weight is 252 g/mol. The van der Waals surface area contributed by atoms with Gasteiger partial charge in [-0.2, -0.15) is 0 Å². The Morgan fingerprint density at radius 2 is 2.17 bits per heavy atom. The van der Waals surface area contributed by atoms with Crippen molar-refractivity contribution in [2.45, 2.75) is 44.3 Å². The summed E-state index contributed by atoms with van der Waals surface area (Å²) in [6.07, 6.45) is 6.53. The molecule has 0 spiro atoms. The first kappa shape index (κ1) is 12.0. The van der Waals surface area contributed by atoms with Crippen LogP contribution in [0.25, 0.3) is 0 Å². The second kappa shape index (κ2) is 5.32. The minimum absolute atomic E-state index is 0.437. The van der Waals surface area contributed by atoms with Crippen molar-refractivity contribution in [2.75, 3.05) is 13.7 Å². The second-order valence-corrected chi connectivity index (χ2v) is 5.31. The van der Waals surface area contributed by atoms with Gasteiger partial charge in [0.05, 0.1) is 18.8 Å². The number of hydrogen-bond donors (Lipinski definition) is 1. The van der Waals surface area contributed by atoms with Crippen LogP contribution < -0.4 is 0 Å². The minimum atomic E-state index is 0.437. The summed E-state index contributed by atoms with van der Waals surface area (Å²) in [5, 5.41) is 13.9. The molecule has 2 aliphatic rings. The predicted octanol–water partition coefficient (Wildman–Crippen LogP) is 0.962. The molecular weight excluding hydrogens is 232 g/mol. The third kappa shape index (κ3) is 2.27. The Morgan fingerprint density at radius 1 is 1.33 bits per heavy atom. The Hall–Kier alpha value is -1.01. The zero-order valence-corrected chi connectivity index (χ0v) is 10.7. The fourth-order valence-electron chi connectivity index (χ4n) is 3.48. The van der Waals surface area contributed by atoms with Crippen LogP contribution in [0.15, 0.2) is 0 Å². The van der Waals surface area contributed by atoms with E-state index >= 15 is 0 Å². The minimum Gasteiger partial charge on any atom is -0.384 e. The third-order valence-electron chi connectivity index (χ3n) is 4.29. The number of fused-ring (bicyclic) bond motifs is 2. The van der Waals surface area contributed by atoms with Crippen molar-refractivity contribution in [1.29, 1.82) is 0 Å². The van der Waals surface area contributed by atoms with Gasteiger partial charge < -0.3 is 9.47 Å². The van der Waals surface area contributed by atoms with Crippen LogP contribution in [0, 0.1) is 11.8 Å². The molecule has 4 unspecified atom stereocenters. The molecule has 0 aliphatic carbocycles. The molecule has 0 radical (unpaired) electrons. The van der Waals surface area contributed by atoms with Gasteiger partial charge in [-0.25, -0.2) is 5.10 Å². The van der Waals surface area contributed by atoms with Crippen LogP contribution in [0.2, 0.25) is 0 Å². The number of nitrogens with one attached hydrogen (secondary N) is 1. The maximum atomic E-state index is 6.01. The van der Waals surface area contributed by atoms with E-state index in [9.17, 15) is 0 Å². The van der Waals surface area contributed by atoms with Gasteiger partial charge in [0.25, 0.3) is 0 Å². The Labute approximate surface area is 106 Å². The van der Waals surface area contributed by atoms with E-state index in [1.165, 1.54) is 19.3 Å². The van der Waals surface area contributed by atoms with Gasteiger partial charge in [0.2, 0.25) is 0 Å². The molecule has 2 bridgehead atoms. The highest BCUT2D eigenvalue weighted by Gasteiger charge is 2.48.